The molecule has 0 aliphatic heterocycles. The van der Waals surface area contributed by atoms with Gasteiger partial charge in [0.1, 0.15) is 0 Å². The first-order chi connectivity index (χ1) is 6.65. The molecule has 0 aromatic rings. The Morgan fingerprint density at radius 2 is 1.93 bits per heavy atom. The van der Waals surface area contributed by atoms with Crippen molar-refractivity contribution in [3.8, 4) is 0 Å². The number of hydrogen-bond donors (Lipinski definition) is 2. The minimum Gasteiger partial charge on any atom is -0.344 e. The van der Waals surface area contributed by atoms with Gasteiger partial charge in [0.2, 0.25) is 5.91 Å². The summed E-state index contributed by atoms with van der Waals surface area (Å²) in [6.45, 7) is 4.80. The Bertz CT molecular complexity index is 184. The third kappa shape index (κ3) is 2.98. The van der Waals surface area contributed by atoms with E-state index in [0.29, 0.717) is 0 Å². The van der Waals surface area contributed by atoms with E-state index in [-0.39, 0.29) is 18.5 Å². The average Bonchev–Trinajstić information content (AvgIpc) is 2.18. The summed E-state index contributed by atoms with van der Waals surface area (Å²) < 4.78 is 0. The molecule has 1 fully saturated rings. The van der Waals surface area contributed by atoms with E-state index in [4.69, 9.17) is 5.73 Å². The van der Waals surface area contributed by atoms with Crippen LogP contribution in [0.25, 0.3) is 0 Å². The van der Waals surface area contributed by atoms with Crippen molar-refractivity contribution >= 4 is 5.91 Å². The van der Waals surface area contributed by atoms with Gasteiger partial charge in [0, 0.05) is 5.92 Å². The zero-order chi connectivity index (χ0) is 10.6. The number of hydrogen-bond acceptors (Lipinski definition) is 2. The van der Waals surface area contributed by atoms with Gasteiger partial charge in [-0.1, -0.05) is 13.8 Å². The summed E-state index contributed by atoms with van der Waals surface area (Å²) >= 11 is 0. The molecule has 0 aromatic carbocycles. The van der Waals surface area contributed by atoms with Crippen LogP contribution in [-0.4, -0.2) is 12.6 Å². The third-order valence-electron chi connectivity index (χ3n) is 3.36. The van der Waals surface area contributed by atoms with Crippen LogP contribution in [0.5, 0.6) is 0 Å². The van der Waals surface area contributed by atoms with Crippen LogP contribution < -0.4 is 11.1 Å². The van der Waals surface area contributed by atoms with E-state index < -0.39 is 0 Å². The van der Waals surface area contributed by atoms with E-state index in [1.54, 1.807) is 0 Å². The topological polar surface area (TPSA) is 55.1 Å². The highest BCUT2D eigenvalue weighted by Crippen LogP contribution is 2.33. The maximum Gasteiger partial charge on any atom is 0.224 e. The lowest BCUT2D eigenvalue weighted by Crippen LogP contribution is -2.36. The molecule has 0 spiro atoms. The predicted molar refractivity (Wildman–Crippen MR) is 57.5 cm³/mol. The lowest BCUT2D eigenvalue weighted by atomic mass is 9.77. The van der Waals surface area contributed by atoms with Crippen LogP contribution in [0.1, 0.15) is 39.5 Å². The van der Waals surface area contributed by atoms with Gasteiger partial charge in [-0.05, 0) is 37.5 Å². The van der Waals surface area contributed by atoms with Crippen molar-refractivity contribution in [2.24, 2.45) is 23.5 Å². The van der Waals surface area contributed by atoms with Crippen molar-refractivity contribution in [1.29, 1.82) is 0 Å². The maximum absolute atomic E-state index is 11.5. The molecule has 0 heterocycles. The number of nitrogens with one attached hydrogen (secondary N) is 1. The van der Waals surface area contributed by atoms with Gasteiger partial charge in [0.25, 0.3) is 0 Å². The quantitative estimate of drug-likeness (QED) is 0.675. The summed E-state index contributed by atoms with van der Waals surface area (Å²) in [5.74, 6) is 1.94. The van der Waals surface area contributed by atoms with E-state index in [2.05, 4.69) is 19.2 Å². The number of nitrogens with two attached hydrogens (primary N) is 1. The first-order valence-corrected chi connectivity index (χ1v) is 5.63. The first kappa shape index (κ1) is 11.5. The standard InChI is InChI=1S/C11H22N2O/c1-8(2)9-3-5-10(6-4-9)11(14)13-7-12/h8-10H,3-7,12H2,1-2H3,(H,13,14). The van der Waals surface area contributed by atoms with Gasteiger partial charge in [0.05, 0.1) is 6.67 Å². The Kier molecular flexibility index (Phi) is 4.39. The highest BCUT2D eigenvalue weighted by atomic mass is 16.1. The zero-order valence-electron chi connectivity index (χ0n) is 9.25. The number of carbonyl (C=O) groups excluding carboxylic acids is 1. The third-order valence-corrected chi connectivity index (χ3v) is 3.36. The van der Waals surface area contributed by atoms with Crippen molar-refractivity contribution in [1.82, 2.24) is 5.32 Å². The SMILES string of the molecule is CC(C)C1CCC(C(=O)NCN)CC1. The molecule has 0 atom stereocenters. The number of amides is 1. The second-order valence-corrected chi connectivity index (χ2v) is 4.60. The molecule has 1 rings (SSSR count). The maximum atomic E-state index is 11.5. The fourth-order valence-electron chi connectivity index (χ4n) is 2.29. The molecule has 82 valence electrons. The van der Waals surface area contributed by atoms with E-state index >= 15 is 0 Å². The molecule has 3 heteroatoms. The molecule has 1 saturated carbocycles. The molecule has 1 aliphatic carbocycles. The summed E-state index contributed by atoms with van der Waals surface area (Å²) in [4.78, 5) is 11.5. The van der Waals surface area contributed by atoms with Gasteiger partial charge < -0.3 is 11.1 Å². The molecular weight excluding hydrogens is 176 g/mol. The summed E-state index contributed by atoms with van der Waals surface area (Å²) in [5, 5.41) is 2.70. The molecule has 14 heavy (non-hydrogen) atoms. The first-order valence-electron chi connectivity index (χ1n) is 5.63. The minimum absolute atomic E-state index is 0.148. The Morgan fingerprint density at radius 1 is 1.36 bits per heavy atom. The lowest BCUT2D eigenvalue weighted by Gasteiger charge is -2.29. The molecule has 0 aromatic heterocycles. The average molecular weight is 198 g/mol. The van der Waals surface area contributed by atoms with E-state index in [1.165, 1.54) is 12.8 Å². The smallest absolute Gasteiger partial charge is 0.224 e. The predicted octanol–water partition coefficient (Wildman–Crippen LogP) is 1.48. The highest BCUT2D eigenvalue weighted by molar-refractivity contribution is 5.78. The van der Waals surface area contributed by atoms with E-state index in [9.17, 15) is 4.79 Å². The second kappa shape index (κ2) is 5.35. The van der Waals surface area contributed by atoms with Crippen molar-refractivity contribution in [3.63, 3.8) is 0 Å². The fraction of sp³-hybridized carbons (Fsp3) is 0.909. The molecule has 1 amide bonds. The van der Waals surface area contributed by atoms with Gasteiger partial charge in [-0.3, -0.25) is 4.79 Å². The summed E-state index contributed by atoms with van der Waals surface area (Å²) in [6.07, 6.45) is 4.46. The zero-order valence-corrected chi connectivity index (χ0v) is 9.25. The van der Waals surface area contributed by atoms with Crippen LogP contribution >= 0.6 is 0 Å². The molecule has 0 saturated heterocycles. The van der Waals surface area contributed by atoms with Crippen LogP contribution in [0, 0.1) is 17.8 Å². The lowest BCUT2D eigenvalue weighted by molar-refractivity contribution is -0.126. The highest BCUT2D eigenvalue weighted by Gasteiger charge is 2.27. The van der Waals surface area contributed by atoms with Crippen molar-refractivity contribution in [2.75, 3.05) is 6.67 Å². The minimum atomic E-state index is 0.148. The van der Waals surface area contributed by atoms with E-state index in [0.717, 1.165) is 24.7 Å². The largest absolute Gasteiger partial charge is 0.344 e. The monoisotopic (exact) mass is 198 g/mol. The molecule has 0 radical (unpaired) electrons. The van der Waals surface area contributed by atoms with Gasteiger partial charge >= 0.3 is 0 Å². The summed E-state index contributed by atoms with van der Waals surface area (Å²) in [7, 11) is 0. The van der Waals surface area contributed by atoms with Gasteiger partial charge in [-0.15, -0.1) is 0 Å². The molecule has 0 unspecified atom stereocenters. The molecule has 1 aliphatic rings. The number of rotatable bonds is 3. The molecule has 3 N–H and O–H groups in total. The fourth-order valence-corrected chi connectivity index (χ4v) is 2.29. The Labute approximate surface area is 86.4 Å². The second-order valence-electron chi connectivity index (χ2n) is 4.60. The van der Waals surface area contributed by atoms with Gasteiger partial charge in [0.15, 0.2) is 0 Å². The van der Waals surface area contributed by atoms with Gasteiger partial charge in [-0.25, -0.2) is 0 Å². The normalized spacial score (nSPS) is 27.7. The number of carbonyl (C=O) groups is 1. The van der Waals surface area contributed by atoms with Crippen molar-refractivity contribution < 1.29 is 4.79 Å². The summed E-state index contributed by atoms with van der Waals surface area (Å²) in [6, 6.07) is 0. The van der Waals surface area contributed by atoms with Crippen LogP contribution in [0.15, 0.2) is 0 Å². The molecule has 0 bridgehead atoms. The van der Waals surface area contributed by atoms with Crippen LogP contribution in [0.3, 0.4) is 0 Å². The van der Waals surface area contributed by atoms with Crippen LogP contribution in [0.2, 0.25) is 0 Å². The van der Waals surface area contributed by atoms with Crippen LogP contribution in [-0.2, 0) is 4.79 Å². The Morgan fingerprint density at radius 3 is 2.36 bits per heavy atom. The molecular formula is C11H22N2O. The molecule has 3 nitrogen and oxygen atoms in total. The van der Waals surface area contributed by atoms with Crippen molar-refractivity contribution in [3.05, 3.63) is 0 Å². The van der Waals surface area contributed by atoms with Crippen LogP contribution in [0.4, 0.5) is 0 Å². The Balaban J connectivity index is 2.31. The summed E-state index contributed by atoms with van der Waals surface area (Å²) in [5.41, 5.74) is 5.28. The van der Waals surface area contributed by atoms with Crippen molar-refractivity contribution in [2.45, 2.75) is 39.5 Å². The Hall–Kier alpha value is -0.570. The van der Waals surface area contributed by atoms with Gasteiger partial charge in [-0.2, -0.15) is 0 Å². The van der Waals surface area contributed by atoms with E-state index in [1.807, 2.05) is 0 Å².